The molecule has 1 saturated carbocycles. The smallest absolute Gasteiger partial charge is 0.402 e. The van der Waals surface area contributed by atoms with Crippen molar-refractivity contribution < 1.29 is 14.1 Å². The van der Waals surface area contributed by atoms with Gasteiger partial charge in [0.25, 0.3) is 0 Å². The number of hydrogen-bond donors (Lipinski definition) is 1. The number of rotatable bonds is 3. The third-order valence-electron chi connectivity index (χ3n) is 3.69. The topological polar surface area (TPSA) is 47.6 Å². The van der Waals surface area contributed by atoms with Crippen LogP contribution < -0.4 is 5.32 Å². The lowest BCUT2D eigenvalue weighted by molar-refractivity contribution is -0.122. The van der Waals surface area contributed by atoms with Crippen LogP contribution in [0, 0.1) is 5.92 Å². The largest absolute Gasteiger partial charge is 0.478 e. The number of amides is 1. The second-order valence-electron chi connectivity index (χ2n) is 5.71. The molecule has 0 aromatic rings. The minimum absolute atomic E-state index is 0.134. The molecule has 2 rings (SSSR count). The maximum atomic E-state index is 11.5. The Morgan fingerprint density at radius 2 is 1.75 bits per heavy atom. The summed E-state index contributed by atoms with van der Waals surface area (Å²) in [6.07, 6.45) is 2.49. The highest BCUT2D eigenvalue weighted by molar-refractivity contribution is 6.46. The summed E-state index contributed by atoms with van der Waals surface area (Å²) in [5.41, 5.74) is -0.635. The first-order chi connectivity index (χ1) is 7.32. The van der Waals surface area contributed by atoms with Gasteiger partial charge in [0.2, 0.25) is 5.91 Å². The fourth-order valence-electron chi connectivity index (χ4n) is 1.72. The Morgan fingerprint density at radius 3 is 2.19 bits per heavy atom. The van der Waals surface area contributed by atoms with E-state index in [4.69, 9.17) is 9.31 Å². The number of carbonyl (C=O) groups is 1. The maximum absolute atomic E-state index is 11.5. The molecule has 0 atom stereocenters. The van der Waals surface area contributed by atoms with Crippen molar-refractivity contribution in [2.75, 3.05) is 6.44 Å². The van der Waals surface area contributed by atoms with Crippen molar-refractivity contribution in [3.05, 3.63) is 0 Å². The molecule has 2 aliphatic rings. The molecule has 4 nitrogen and oxygen atoms in total. The molecule has 1 N–H and O–H groups in total. The molecular weight excluding hydrogens is 205 g/mol. The normalized spacial score (nSPS) is 26.9. The summed E-state index contributed by atoms with van der Waals surface area (Å²) in [4.78, 5) is 11.5. The van der Waals surface area contributed by atoms with Crippen molar-refractivity contribution in [2.24, 2.45) is 5.92 Å². The molecule has 0 aromatic heterocycles. The molecule has 1 aliphatic heterocycles. The summed E-state index contributed by atoms with van der Waals surface area (Å²) in [6, 6.07) is 0. The van der Waals surface area contributed by atoms with Gasteiger partial charge in [-0.3, -0.25) is 4.79 Å². The molecule has 90 valence electrons. The highest BCUT2D eigenvalue weighted by Crippen LogP contribution is 2.36. The van der Waals surface area contributed by atoms with Gasteiger partial charge in [0.1, 0.15) is 0 Å². The molecule has 2 fully saturated rings. The molecule has 1 amide bonds. The molecule has 0 bridgehead atoms. The second kappa shape index (κ2) is 3.74. The highest BCUT2D eigenvalue weighted by Gasteiger charge is 2.51. The molecule has 1 heterocycles. The van der Waals surface area contributed by atoms with Crippen molar-refractivity contribution >= 4 is 13.0 Å². The van der Waals surface area contributed by atoms with Crippen LogP contribution in [0.1, 0.15) is 40.5 Å². The Balaban J connectivity index is 1.82. The molecule has 0 radical (unpaired) electrons. The Hall–Kier alpha value is -0.545. The fraction of sp³-hybridized carbons (Fsp3) is 0.909. The Morgan fingerprint density at radius 1 is 1.25 bits per heavy atom. The van der Waals surface area contributed by atoms with E-state index in [9.17, 15) is 4.79 Å². The number of nitrogens with one attached hydrogen (secondary N) is 1. The average Bonchev–Trinajstić information content (AvgIpc) is 2.92. The lowest BCUT2D eigenvalue weighted by atomic mass is 9.90. The van der Waals surface area contributed by atoms with E-state index in [1.54, 1.807) is 0 Å². The summed E-state index contributed by atoms with van der Waals surface area (Å²) in [6.45, 7) is 8.04. The van der Waals surface area contributed by atoms with Crippen molar-refractivity contribution in [2.45, 2.75) is 51.7 Å². The summed E-state index contributed by atoms with van der Waals surface area (Å²) in [5, 5.41) is 2.87. The zero-order chi connectivity index (χ0) is 12.0. The Labute approximate surface area is 97.2 Å². The summed E-state index contributed by atoms with van der Waals surface area (Å²) < 4.78 is 11.6. The van der Waals surface area contributed by atoms with Gasteiger partial charge in [0.15, 0.2) is 0 Å². The Bertz CT molecular complexity index is 284. The van der Waals surface area contributed by atoms with Crippen LogP contribution in [0.15, 0.2) is 0 Å². The highest BCUT2D eigenvalue weighted by atomic mass is 16.7. The minimum Gasteiger partial charge on any atom is -0.402 e. The molecule has 0 spiro atoms. The predicted molar refractivity (Wildman–Crippen MR) is 61.8 cm³/mol. The van der Waals surface area contributed by atoms with E-state index >= 15 is 0 Å². The quantitative estimate of drug-likeness (QED) is 0.732. The van der Waals surface area contributed by atoms with Gasteiger partial charge in [0, 0.05) is 5.92 Å². The van der Waals surface area contributed by atoms with E-state index in [0.29, 0.717) is 6.44 Å². The van der Waals surface area contributed by atoms with E-state index in [1.807, 2.05) is 27.7 Å². The molecule has 0 aromatic carbocycles. The van der Waals surface area contributed by atoms with E-state index in [1.165, 1.54) is 0 Å². The van der Waals surface area contributed by atoms with Gasteiger partial charge in [-0.1, -0.05) is 0 Å². The van der Waals surface area contributed by atoms with Gasteiger partial charge in [-0.25, -0.2) is 0 Å². The maximum Gasteiger partial charge on any atom is 0.478 e. The van der Waals surface area contributed by atoms with E-state index < -0.39 is 0 Å². The average molecular weight is 225 g/mol. The molecule has 5 heteroatoms. The van der Waals surface area contributed by atoms with Crippen molar-refractivity contribution in [3.63, 3.8) is 0 Å². The number of hydrogen-bond acceptors (Lipinski definition) is 3. The monoisotopic (exact) mass is 225 g/mol. The van der Waals surface area contributed by atoms with Crippen LogP contribution in [0.4, 0.5) is 0 Å². The van der Waals surface area contributed by atoms with E-state index in [0.717, 1.165) is 12.8 Å². The van der Waals surface area contributed by atoms with Crippen LogP contribution in [0.25, 0.3) is 0 Å². The first-order valence-electron chi connectivity index (χ1n) is 5.95. The molecule has 16 heavy (non-hydrogen) atoms. The van der Waals surface area contributed by atoms with Gasteiger partial charge in [-0.2, -0.15) is 0 Å². The van der Waals surface area contributed by atoms with Crippen LogP contribution >= 0.6 is 0 Å². The van der Waals surface area contributed by atoms with Crippen LogP contribution in [-0.4, -0.2) is 30.7 Å². The lowest BCUT2D eigenvalue weighted by Gasteiger charge is -2.32. The van der Waals surface area contributed by atoms with Crippen molar-refractivity contribution in [1.82, 2.24) is 5.32 Å². The van der Waals surface area contributed by atoms with E-state index in [-0.39, 0.29) is 30.1 Å². The third-order valence-corrected chi connectivity index (χ3v) is 3.69. The first kappa shape index (κ1) is 11.9. The standard InChI is InChI=1S/C11H20BNO3/c1-10(2)11(3,4)16-12(15-10)7-13-9(14)8-5-6-8/h8H,5-7H2,1-4H3,(H,13,14). The summed E-state index contributed by atoms with van der Waals surface area (Å²) in [5.74, 6) is 0.372. The lowest BCUT2D eigenvalue weighted by Crippen LogP contribution is -2.41. The predicted octanol–water partition coefficient (Wildman–Crippen LogP) is 1.14. The van der Waals surface area contributed by atoms with Gasteiger partial charge in [-0.05, 0) is 40.5 Å². The minimum atomic E-state index is -0.326. The zero-order valence-electron chi connectivity index (χ0n) is 10.5. The van der Waals surface area contributed by atoms with Crippen LogP contribution in [0.3, 0.4) is 0 Å². The summed E-state index contributed by atoms with van der Waals surface area (Å²) in [7, 11) is -0.326. The van der Waals surface area contributed by atoms with Gasteiger partial charge in [-0.15, -0.1) is 0 Å². The summed E-state index contributed by atoms with van der Waals surface area (Å²) >= 11 is 0. The zero-order valence-corrected chi connectivity index (χ0v) is 10.5. The number of carbonyl (C=O) groups excluding carboxylic acids is 1. The fourth-order valence-corrected chi connectivity index (χ4v) is 1.72. The van der Waals surface area contributed by atoms with Crippen LogP contribution in [0.2, 0.25) is 0 Å². The van der Waals surface area contributed by atoms with Crippen LogP contribution in [-0.2, 0) is 14.1 Å². The van der Waals surface area contributed by atoms with Gasteiger partial charge < -0.3 is 14.6 Å². The molecule has 0 unspecified atom stereocenters. The van der Waals surface area contributed by atoms with Gasteiger partial charge in [0.05, 0.1) is 17.6 Å². The molecular formula is C11H20BNO3. The van der Waals surface area contributed by atoms with Gasteiger partial charge >= 0.3 is 7.12 Å². The van der Waals surface area contributed by atoms with E-state index in [2.05, 4.69) is 5.32 Å². The second-order valence-corrected chi connectivity index (χ2v) is 5.71. The Kier molecular flexibility index (Phi) is 2.79. The molecule has 1 aliphatic carbocycles. The van der Waals surface area contributed by atoms with Crippen LogP contribution in [0.5, 0.6) is 0 Å². The SMILES string of the molecule is CC1(C)OB(CNC(=O)C2CC2)OC1(C)C. The van der Waals surface area contributed by atoms with Crippen molar-refractivity contribution in [3.8, 4) is 0 Å². The van der Waals surface area contributed by atoms with Crippen molar-refractivity contribution in [1.29, 1.82) is 0 Å². The molecule has 1 saturated heterocycles. The first-order valence-corrected chi connectivity index (χ1v) is 5.95. The third kappa shape index (κ3) is 2.25.